The highest BCUT2D eigenvalue weighted by Crippen LogP contribution is 2.37. The topological polar surface area (TPSA) is 86.7 Å². The van der Waals surface area contributed by atoms with Crippen LogP contribution in [0.1, 0.15) is 35.7 Å². The molecule has 1 saturated heterocycles. The summed E-state index contributed by atoms with van der Waals surface area (Å²) in [5, 5.41) is 12.1. The predicted molar refractivity (Wildman–Crippen MR) is 68.8 cm³/mol. The van der Waals surface area contributed by atoms with Crippen LogP contribution in [0, 0.1) is 0 Å². The number of hydrogen-bond acceptors (Lipinski definition) is 4. The van der Waals surface area contributed by atoms with E-state index >= 15 is 0 Å². The summed E-state index contributed by atoms with van der Waals surface area (Å²) in [6.45, 7) is 1.83. The zero-order chi connectivity index (χ0) is 14.5. The number of hydrogen-bond donors (Lipinski definition) is 2. The van der Waals surface area contributed by atoms with Gasteiger partial charge in [0.1, 0.15) is 11.3 Å². The monoisotopic (exact) mass is 274 g/mol. The van der Waals surface area contributed by atoms with Gasteiger partial charge in [-0.15, -0.1) is 0 Å². The first-order valence-corrected chi connectivity index (χ1v) is 6.40. The van der Waals surface area contributed by atoms with Gasteiger partial charge >= 0.3 is 0 Å². The van der Waals surface area contributed by atoms with Crippen LogP contribution in [0.2, 0.25) is 0 Å². The van der Waals surface area contributed by atoms with Gasteiger partial charge in [-0.2, -0.15) is 0 Å². The van der Waals surface area contributed by atoms with Gasteiger partial charge in [0, 0.05) is 17.5 Å². The van der Waals surface area contributed by atoms with Gasteiger partial charge in [-0.05, 0) is 25.5 Å². The van der Waals surface area contributed by atoms with E-state index in [0.29, 0.717) is 11.1 Å². The molecule has 1 aromatic rings. The van der Waals surface area contributed by atoms with E-state index in [9.17, 15) is 19.5 Å². The van der Waals surface area contributed by atoms with Crippen molar-refractivity contribution in [2.24, 2.45) is 0 Å². The number of aromatic hydroxyl groups is 1. The van der Waals surface area contributed by atoms with Crippen molar-refractivity contribution in [1.82, 2.24) is 10.2 Å². The summed E-state index contributed by atoms with van der Waals surface area (Å²) < 4.78 is 0. The molecule has 1 fully saturated rings. The van der Waals surface area contributed by atoms with Gasteiger partial charge in [-0.3, -0.25) is 19.7 Å². The Balaban J connectivity index is 1.98. The van der Waals surface area contributed by atoms with Crippen molar-refractivity contribution < 1.29 is 19.5 Å². The lowest BCUT2D eigenvalue weighted by molar-refractivity contribution is -0.142. The maximum atomic E-state index is 12.4. The molecule has 3 rings (SSSR count). The molecular weight excluding hydrogens is 260 g/mol. The predicted octanol–water partition coefficient (Wildman–Crippen LogP) is 0.543. The fraction of sp³-hybridized carbons (Fsp3) is 0.357. The first-order chi connectivity index (χ1) is 9.43. The molecule has 0 spiro atoms. The molecule has 6 heteroatoms. The van der Waals surface area contributed by atoms with Gasteiger partial charge in [-0.25, -0.2) is 0 Å². The largest absolute Gasteiger partial charge is 0.508 e. The van der Waals surface area contributed by atoms with Crippen molar-refractivity contribution in [1.29, 1.82) is 0 Å². The summed E-state index contributed by atoms with van der Waals surface area (Å²) in [6.07, 6.45) is 0.493. The molecule has 0 radical (unpaired) electrons. The lowest BCUT2D eigenvalue weighted by Gasteiger charge is -2.39. The summed E-state index contributed by atoms with van der Waals surface area (Å²) in [7, 11) is 0. The number of nitrogens with one attached hydrogen (secondary N) is 1. The van der Waals surface area contributed by atoms with Gasteiger partial charge in [-0.1, -0.05) is 6.07 Å². The number of phenolic OH excluding ortho intramolecular Hbond substituents is 1. The minimum atomic E-state index is -1.06. The van der Waals surface area contributed by atoms with Gasteiger partial charge in [0.2, 0.25) is 5.91 Å². The minimum absolute atomic E-state index is 0.0502. The van der Waals surface area contributed by atoms with E-state index in [4.69, 9.17) is 0 Å². The molecule has 1 aromatic carbocycles. The summed E-state index contributed by atoms with van der Waals surface area (Å²) in [4.78, 5) is 37.2. The Kier molecular flexibility index (Phi) is 2.57. The minimum Gasteiger partial charge on any atom is -0.508 e. The van der Waals surface area contributed by atoms with Crippen LogP contribution in [0.5, 0.6) is 5.75 Å². The van der Waals surface area contributed by atoms with Gasteiger partial charge in [0.25, 0.3) is 11.8 Å². The Morgan fingerprint density at radius 1 is 1.30 bits per heavy atom. The summed E-state index contributed by atoms with van der Waals surface area (Å²) in [5.74, 6) is -1.02. The maximum Gasteiger partial charge on any atom is 0.255 e. The van der Waals surface area contributed by atoms with Crippen LogP contribution in [0.15, 0.2) is 18.2 Å². The molecule has 3 amide bonds. The molecule has 0 aliphatic carbocycles. The zero-order valence-electron chi connectivity index (χ0n) is 11.0. The Bertz CT molecular complexity index is 640. The van der Waals surface area contributed by atoms with Crippen LogP contribution in [0.3, 0.4) is 0 Å². The molecule has 104 valence electrons. The van der Waals surface area contributed by atoms with Crippen LogP contribution in [-0.2, 0) is 16.1 Å². The van der Waals surface area contributed by atoms with Crippen LogP contribution in [-0.4, -0.2) is 33.3 Å². The van der Waals surface area contributed by atoms with Crippen LogP contribution < -0.4 is 5.32 Å². The second-order valence-corrected chi connectivity index (χ2v) is 5.35. The molecule has 2 heterocycles. The van der Waals surface area contributed by atoms with E-state index in [-0.39, 0.29) is 37.0 Å². The van der Waals surface area contributed by atoms with Crippen molar-refractivity contribution in [2.75, 3.05) is 0 Å². The highest BCUT2D eigenvalue weighted by Gasteiger charge is 2.48. The van der Waals surface area contributed by atoms with Crippen molar-refractivity contribution in [2.45, 2.75) is 31.8 Å². The Morgan fingerprint density at radius 3 is 2.70 bits per heavy atom. The standard InChI is InChI=1S/C14H14N2O4/c1-14(6-5-11(18)15-13(14)20)16-7-9-8(12(16)19)3-2-4-10(9)17/h2-4,17H,5-7H2,1H3,(H,15,18,20). The van der Waals surface area contributed by atoms with E-state index in [1.165, 1.54) is 11.0 Å². The lowest BCUT2D eigenvalue weighted by atomic mass is 9.89. The molecule has 1 unspecified atom stereocenters. The van der Waals surface area contributed by atoms with Crippen molar-refractivity contribution >= 4 is 17.7 Å². The van der Waals surface area contributed by atoms with Crippen LogP contribution >= 0.6 is 0 Å². The molecule has 0 saturated carbocycles. The van der Waals surface area contributed by atoms with Gasteiger partial charge in [0.15, 0.2) is 0 Å². The Hall–Kier alpha value is -2.37. The van der Waals surface area contributed by atoms with E-state index in [0.717, 1.165) is 0 Å². The number of nitrogens with zero attached hydrogens (tertiary/aromatic N) is 1. The number of fused-ring (bicyclic) bond motifs is 1. The number of phenols is 1. The molecule has 6 nitrogen and oxygen atoms in total. The number of piperidine rings is 1. The molecule has 2 aliphatic heterocycles. The zero-order valence-corrected chi connectivity index (χ0v) is 11.0. The summed E-state index contributed by atoms with van der Waals surface area (Å²) in [5.41, 5.74) is -0.115. The fourth-order valence-electron chi connectivity index (χ4n) is 2.77. The normalized spacial score (nSPS) is 25.6. The second kappa shape index (κ2) is 4.06. The maximum absolute atomic E-state index is 12.4. The molecule has 2 N–H and O–H groups in total. The average molecular weight is 274 g/mol. The Labute approximate surface area is 115 Å². The number of amides is 3. The third-order valence-corrected chi connectivity index (χ3v) is 4.12. The van der Waals surface area contributed by atoms with Gasteiger partial charge in [0.05, 0.1) is 6.54 Å². The number of carbonyl (C=O) groups is 3. The Morgan fingerprint density at radius 2 is 2.05 bits per heavy atom. The third-order valence-electron chi connectivity index (χ3n) is 4.12. The molecule has 1 atom stereocenters. The quantitative estimate of drug-likeness (QED) is 0.732. The highest BCUT2D eigenvalue weighted by molar-refractivity contribution is 6.07. The third kappa shape index (κ3) is 1.61. The number of benzene rings is 1. The van der Waals surface area contributed by atoms with Gasteiger partial charge < -0.3 is 10.0 Å². The van der Waals surface area contributed by atoms with Crippen LogP contribution in [0.25, 0.3) is 0 Å². The van der Waals surface area contributed by atoms with Crippen molar-refractivity contribution in [3.63, 3.8) is 0 Å². The van der Waals surface area contributed by atoms with E-state index < -0.39 is 11.4 Å². The molecule has 2 aliphatic rings. The van der Waals surface area contributed by atoms with E-state index in [1.807, 2.05) is 0 Å². The summed E-state index contributed by atoms with van der Waals surface area (Å²) in [6, 6.07) is 4.75. The average Bonchev–Trinajstić information content (AvgIpc) is 2.75. The fourth-order valence-corrected chi connectivity index (χ4v) is 2.77. The number of rotatable bonds is 1. The molecule has 0 bridgehead atoms. The number of carbonyl (C=O) groups excluding carboxylic acids is 3. The SMILES string of the molecule is CC1(N2Cc3c(O)cccc3C2=O)CCC(=O)NC1=O. The molecule has 20 heavy (non-hydrogen) atoms. The second-order valence-electron chi connectivity index (χ2n) is 5.35. The smallest absolute Gasteiger partial charge is 0.255 e. The highest BCUT2D eigenvalue weighted by atomic mass is 16.3. The number of imide groups is 1. The molecule has 0 aromatic heterocycles. The van der Waals surface area contributed by atoms with E-state index in [2.05, 4.69) is 5.32 Å². The van der Waals surface area contributed by atoms with Crippen LogP contribution in [0.4, 0.5) is 0 Å². The molecular formula is C14H14N2O4. The lowest BCUT2D eigenvalue weighted by Crippen LogP contribution is -2.61. The first-order valence-electron chi connectivity index (χ1n) is 6.40. The first kappa shape index (κ1) is 12.7. The van der Waals surface area contributed by atoms with Crippen molar-refractivity contribution in [3.05, 3.63) is 29.3 Å². The van der Waals surface area contributed by atoms with E-state index in [1.54, 1.807) is 19.1 Å². The van der Waals surface area contributed by atoms with Crippen molar-refractivity contribution in [3.8, 4) is 5.75 Å². The summed E-state index contributed by atoms with van der Waals surface area (Å²) >= 11 is 0.